The Hall–Kier alpha value is -1.35. The monoisotopic (exact) mass is 205 g/mol. The van der Waals surface area contributed by atoms with Gasteiger partial charge < -0.3 is 10.5 Å². The van der Waals surface area contributed by atoms with Crippen LogP contribution < -0.4 is 10.5 Å². The van der Waals surface area contributed by atoms with Gasteiger partial charge in [0, 0.05) is 17.5 Å². The van der Waals surface area contributed by atoms with Crippen LogP contribution in [-0.4, -0.2) is 18.9 Å². The highest BCUT2D eigenvalue weighted by atomic mass is 16.5. The highest BCUT2D eigenvalue weighted by Crippen LogP contribution is 2.30. The minimum Gasteiger partial charge on any atom is -0.493 e. The summed E-state index contributed by atoms with van der Waals surface area (Å²) in [7, 11) is 0. The van der Waals surface area contributed by atoms with Gasteiger partial charge in [-0.25, -0.2) is 0 Å². The van der Waals surface area contributed by atoms with Crippen molar-refractivity contribution in [2.24, 2.45) is 5.73 Å². The largest absolute Gasteiger partial charge is 0.493 e. The number of rotatable bonds is 4. The molecule has 0 amide bonds. The average Bonchev–Trinajstić information content (AvgIpc) is 2.62. The average molecular weight is 205 g/mol. The SMILES string of the molecule is NCCCOc1cccc2c1CCC2=O. The van der Waals surface area contributed by atoms with Crippen LogP contribution in [0.1, 0.15) is 28.8 Å². The van der Waals surface area contributed by atoms with Gasteiger partial charge in [0.15, 0.2) is 5.78 Å². The van der Waals surface area contributed by atoms with E-state index < -0.39 is 0 Å². The van der Waals surface area contributed by atoms with E-state index in [1.165, 1.54) is 0 Å². The molecule has 0 saturated heterocycles. The Morgan fingerprint density at radius 3 is 3.00 bits per heavy atom. The molecular formula is C12H15NO2. The Bertz CT molecular complexity index is 374. The number of nitrogens with two attached hydrogens (primary N) is 1. The number of ketones is 1. The van der Waals surface area contributed by atoms with Gasteiger partial charge in [-0.15, -0.1) is 0 Å². The summed E-state index contributed by atoms with van der Waals surface area (Å²) >= 11 is 0. The van der Waals surface area contributed by atoms with Gasteiger partial charge in [-0.05, 0) is 25.5 Å². The molecule has 0 atom stereocenters. The van der Waals surface area contributed by atoms with E-state index in [4.69, 9.17) is 10.5 Å². The second-order valence-corrected chi connectivity index (χ2v) is 3.70. The highest BCUT2D eigenvalue weighted by Gasteiger charge is 2.22. The van der Waals surface area contributed by atoms with Crippen LogP contribution >= 0.6 is 0 Å². The van der Waals surface area contributed by atoms with Gasteiger partial charge in [0.1, 0.15) is 5.75 Å². The Balaban J connectivity index is 2.15. The van der Waals surface area contributed by atoms with E-state index >= 15 is 0 Å². The predicted molar refractivity (Wildman–Crippen MR) is 58.3 cm³/mol. The van der Waals surface area contributed by atoms with Crippen molar-refractivity contribution in [3.05, 3.63) is 29.3 Å². The molecule has 80 valence electrons. The van der Waals surface area contributed by atoms with Gasteiger partial charge in [0.25, 0.3) is 0 Å². The molecule has 2 rings (SSSR count). The highest BCUT2D eigenvalue weighted by molar-refractivity contribution is 6.01. The zero-order valence-electron chi connectivity index (χ0n) is 8.66. The maximum atomic E-state index is 11.5. The maximum absolute atomic E-state index is 11.5. The van der Waals surface area contributed by atoms with E-state index in [0.29, 0.717) is 19.6 Å². The Morgan fingerprint density at radius 1 is 1.33 bits per heavy atom. The normalized spacial score (nSPS) is 14.1. The minimum atomic E-state index is 0.231. The van der Waals surface area contributed by atoms with Gasteiger partial charge in [-0.2, -0.15) is 0 Å². The van der Waals surface area contributed by atoms with Gasteiger partial charge in [0.05, 0.1) is 6.61 Å². The molecule has 1 aromatic rings. The van der Waals surface area contributed by atoms with Crippen LogP contribution in [-0.2, 0) is 6.42 Å². The number of carbonyl (C=O) groups is 1. The minimum absolute atomic E-state index is 0.231. The summed E-state index contributed by atoms with van der Waals surface area (Å²) in [6, 6.07) is 5.67. The molecule has 0 radical (unpaired) electrons. The van der Waals surface area contributed by atoms with E-state index in [-0.39, 0.29) is 5.78 Å². The van der Waals surface area contributed by atoms with Crippen molar-refractivity contribution >= 4 is 5.78 Å². The second-order valence-electron chi connectivity index (χ2n) is 3.70. The summed E-state index contributed by atoms with van der Waals surface area (Å²) in [4.78, 5) is 11.5. The van der Waals surface area contributed by atoms with E-state index in [9.17, 15) is 4.79 Å². The lowest BCUT2D eigenvalue weighted by Crippen LogP contribution is -2.07. The van der Waals surface area contributed by atoms with Crippen LogP contribution in [0.25, 0.3) is 0 Å². The first-order chi connectivity index (χ1) is 7.33. The molecule has 0 unspecified atom stereocenters. The molecule has 0 spiro atoms. The van der Waals surface area contributed by atoms with Crippen molar-refractivity contribution < 1.29 is 9.53 Å². The number of hydrogen-bond acceptors (Lipinski definition) is 3. The molecule has 15 heavy (non-hydrogen) atoms. The molecule has 3 nitrogen and oxygen atoms in total. The van der Waals surface area contributed by atoms with Crippen LogP contribution in [0.3, 0.4) is 0 Å². The smallest absolute Gasteiger partial charge is 0.163 e. The van der Waals surface area contributed by atoms with E-state index in [1.54, 1.807) is 0 Å². The third kappa shape index (κ3) is 2.02. The second kappa shape index (κ2) is 4.45. The topological polar surface area (TPSA) is 52.3 Å². The quantitative estimate of drug-likeness (QED) is 0.759. The van der Waals surface area contributed by atoms with Crippen molar-refractivity contribution in [1.29, 1.82) is 0 Å². The summed E-state index contributed by atoms with van der Waals surface area (Å²) in [5.74, 6) is 1.08. The van der Waals surface area contributed by atoms with E-state index in [2.05, 4.69) is 0 Å². The van der Waals surface area contributed by atoms with Gasteiger partial charge in [-0.1, -0.05) is 12.1 Å². The molecule has 0 bridgehead atoms. The summed E-state index contributed by atoms with van der Waals surface area (Å²) in [6.45, 7) is 1.26. The van der Waals surface area contributed by atoms with Gasteiger partial charge in [0.2, 0.25) is 0 Å². The van der Waals surface area contributed by atoms with Gasteiger partial charge in [-0.3, -0.25) is 4.79 Å². The summed E-state index contributed by atoms with van der Waals surface area (Å²) in [5.41, 5.74) is 7.30. The standard InChI is InChI=1S/C12H15NO2/c13-7-2-8-15-12-4-1-3-9-10(12)5-6-11(9)14/h1,3-4H,2,5-8,13H2. The zero-order chi connectivity index (χ0) is 10.7. The number of Topliss-reactive ketones (excluding diaryl/α,β-unsaturated/α-hetero) is 1. The number of carbonyl (C=O) groups excluding carboxylic acids is 1. The Labute approximate surface area is 89.2 Å². The Kier molecular flexibility index (Phi) is 3.02. The first-order valence-electron chi connectivity index (χ1n) is 5.31. The summed E-state index contributed by atoms with van der Waals surface area (Å²) < 4.78 is 5.61. The van der Waals surface area contributed by atoms with Crippen LogP contribution in [0.5, 0.6) is 5.75 Å². The maximum Gasteiger partial charge on any atom is 0.163 e. The lowest BCUT2D eigenvalue weighted by molar-refractivity contribution is 0.0994. The molecule has 0 saturated carbocycles. The van der Waals surface area contributed by atoms with Crippen molar-refractivity contribution in [3.8, 4) is 5.75 Å². The molecule has 1 aliphatic carbocycles. The molecule has 0 heterocycles. The number of ether oxygens (including phenoxy) is 1. The molecule has 0 aliphatic heterocycles. The fraction of sp³-hybridized carbons (Fsp3) is 0.417. The molecule has 0 fully saturated rings. The number of benzene rings is 1. The van der Waals surface area contributed by atoms with Crippen LogP contribution in [0.2, 0.25) is 0 Å². The van der Waals surface area contributed by atoms with Gasteiger partial charge >= 0.3 is 0 Å². The molecule has 2 N–H and O–H groups in total. The fourth-order valence-electron chi connectivity index (χ4n) is 1.86. The fourth-order valence-corrected chi connectivity index (χ4v) is 1.86. The van der Waals surface area contributed by atoms with Crippen LogP contribution in [0.15, 0.2) is 18.2 Å². The molecule has 1 aliphatic rings. The van der Waals surface area contributed by atoms with Crippen molar-refractivity contribution in [2.75, 3.05) is 13.2 Å². The Morgan fingerprint density at radius 2 is 2.20 bits per heavy atom. The lowest BCUT2D eigenvalue weighted by Gasteiger charge is -2.09. The predicted octanol–water partition coefficient (Wildman–Crippen LogP) is 1.54. The van der Waals surface area contributed by atoms with E-state index in [1.807, 2.05) is 18.2 Å². The number of fused-ring (bicyclic) bond motifs is 1. The zero-order valence-corrected chi connectivity index (χ0v) is 8.66. The van der Waals surface area contributed by atoms with Crippen molar-refractivity contribution in [2.45, 2.75) is 19.3 Å². The third-order valence-electron chi connectivity index (χ3n) is 2.64. The summed E-state index contributed by atoms with van der Waals surface area (Å²) in [5, 5.41) is 0. The molecule has 0 aromatic heterocycles. The third-order valence-corrected chi connectivity index (χ3v) is 2.64. The van der Waals surface area contributed by atoms with Crippen molar-refractivity contribution in [3.63, 3.8) is 0 Å². The lowest BCUT2D eigenvalue weighted by atomic mass is 10.1. The van der Waals surface area contributed by atoms with E-state index in [0.717, 1.165) is 29.7 Å². The molecular weight excluding hydrogens is 190 g/mol. The first-order valence-corrected chi connectivity index (χ1v) is 5.31. The van der Waals surface area contributed by atoms with Crippen LogP contribution in [0.4, 0.5) is 0 Å². The molecule has 3 heteroatoms. The van der Waals surface area contributed by atoms with Crippen LogP contribution in [0, 0.1) is 0 Å². The van der Waals surface area contributed by atoms with Crippen molar-refractivity contribution in [1.82, 2.24) is 0 Å². The number of hydrogen-bond donors (Lipinski definition) is 1. The molecule has 1 aromatic carbocycles. The first kappa shape index (κ1) is 10.2. The summed E-state index contributed by atoms with van der Waals surface area (Å²) in [6.07, 6.45) is 2.27.